The molecule has 0 saturated carbocycles. The Morgan fingerprint density at radius 1 is 1.33 bits per heavy atom. The Kier molecular flexibility index (Phi) is 4.90. The van der Waals surface area contributed by atoms with E-state index in [2.05, 4.69) is 21.2 Å². The van der Waals surface area contributed by atoms with Crippen molar-refractivity contribution in [2.24, 2.45) is 0 Å². The number of hydrogen-bond acceptors (Lipinski definition) is 3. The van der Waals surface area contributed by atoms with Crippen molar-refractivity contribution >= 4 is 27.8 Å². The number of amides is 1. The molecular weight excluding hydrogens is 298 g/mol. The third kappa shape index (κ3) is 5.31. The predicted molar refractivity (Wildman–Crippen MR) is 72.3 cm³/mol. The maximum Gasteiger partial charge on any atom is 0.338 e. The van der Waals surface area contributed by atoms with Gasteiger partial charge in [0.15, 0.2) is 6.61 Å². The first kappa shape index (κ1) is 14.7. The average molecular weight is 314 g/mol. The Morgan fingerprint density at radius 3 is 2.56 bits per heavy atom. The van der Waals surface area contributed by atoms with Crippen LogP contribution in [0.15, 0.2) is 28.7 Å². The molecule has 0 aromatic heterocycles. The number of rotatable bonds is 3. The Hall–Kier alpha value is -1.36. The Bertz CT molecular complexity index is 452. The zero-order valence-electron chi connectivity index (χ0n) is 10.6. The van der Waals surface area contributed by atoms with Crippen LogP contribution in [0.25, 0.3) is 0 Å². The summed E-state index contributed by atoms with van der Waals surface area (Å²) in [5.74, 6) is -0.828. The van der Waals surface area contributed by atoms with Gasteiger partial charge in [0.1, 0.15) is 0 Å². The van der Waals surface area contributed by atoms with Crippen LogP contribution in [0.2, 0.25) is 0 Å². The van der Waals surface area contributed by atoms with Gasteiger partial charge in [-0.1, -0.05) is 22.0 Å². The minimum Gasteiger partial charge on any atom is -0.452 e. The summed E-state index contributed by atoms with van der Waals surface area (Å²) in [5.41, 5.74) is 0.0761. The molecule has 4 nitrogen and oxygen atoms in total. The average Bonchev–Trinajstić information content (AvgIpc) is 2.23. The van der Waals surface area contributed by atoms with Gasteiger partial charge in [-0.15, -0.1) is 0 Å². The highest BCUT2D eigenvalue weighted by Gasteiger charge is 2.15. The lowest BCUT2D eigenvalue weighted by atomic mass is 10.1. The maximum atomic E-state index is 11.6. The van der Waals surface area contributed by atoms with Crippen LogP contribution in [-0.2, 0) is 9.53 Å². The highest BCUT2D eigenvalue weighted by atomic mass is 79.9. The molecule has 0 saturated heterocycles. The van der Waals surface area contributed by atoms with Crippen LogP contribution in [0, 0.1) is 0 Å². The van der Waals surface area contributed by atoms with Gasteiger partial charge >= 0.3 is 5.97 Å². The van der Waals surface area contributed by atoms with Gasteiger partial charge in [-0.25, -0.2) is 4.79 Å². The third-order valence-corrected chi connectivity index (χ3v) is 2.40. The molecule has 0 unspecified atom stereocenters. The van der Waals surface area contributed by atoms with Crippen molar-refractivity contribution in [1.82, 2.24) is 5.32 Å². The lowest BCUT2D eigenvalue weighted by Crippen LogP contribution is -2.42. The van der Waals surface area contributed by atoms with Crippen molar-refractivity contribution in [3.63, 3.8) is 0 Å². The van der Waals surface area contributed by atoms with Gasteiger partial charge in [0.05, 0.1) is 5.56 Å². The number of nitrogens with one attached hydrogen (secondary N) is 1. The van der Waals surface area contributed by atoms with Crippen LogP contribution >= 0.6 is 15.9 Å². The van der Waals surface area contributed by atoms with E-state index in [1.165, 1.54) is 0 Å². The fourth-order valence-corrected chi connectivity index (χ4v) is 1.68. The summed E-state index contributed by atoms with van der Waals surface area (Å²) >= 11 is 3.26. The van der Waals surface area contributed by atoms with Gasteiger partial charge in [0.2, 0.25) is 0 Å². The van der Waals surface area contributed by atoms with E-state index in [9.17, 15) is 9.59 Å². The summed E-state index contributed by atoms with van der Waals surface area (Å²) < 4.78 is 5.71. The molecule has 1 rings (SSSR count). The van der Waals surface area contributed by atoms with Crippen molar-refractivity contribution in [2.45, 2.75) is 26.3 Å². The second-order valence-corrected chi connectivity index (χ2v) is 5.80. The normalized spacial score (nSPS) is 10.9. The highest BCUT2D eigenvalue weighted by molar-refractivity contribution is 9.10. The molecule has 0 fully saturated rings. The zero-order valence-corrected chi connectivity index (χ0v) is 12.2. The first-order valence-electron chi connectivity index (χ1n) is 5.51. The molecule has 0 aliphatic heterocycles. The lowest BCUT2D eigenvalue weighted by Gasteiger charge is -2.20. The Balaban J connectivity index is 2.49. The fourth-order valence-electron chi connectivity index (χ4n) is 1.28. The molecule has 1 aromatic carbocycles. The second-order valence-electron chi connectivity index (χ2n) is 4.88. The summed E-state index contributed by atoms with van der Waals surface area (Å²) in [6.07, 6.45) is 0. The quantitative estimate of drug-likeness (QED) is 0.872. The monoisotopic (exact) mass is 313 g/mol. The van der Waals surface area contributed by atoms with Gasteiger partial charge < -0.3 is 10.1 Å². The summed E-state index contributed by atoms with van der Waals surface area (Å²) in [4.78, 5) is 23.1. The summed E-state index contributed by atoms with van der Waals surface area (Å²) in [5, 5.41) is 2.71. The van der Waals surface area contributed by atoms with E-state index in [1.807, 2.05) is 26.8 Å². The van der Waals surface area contributed by atoms with E-state index < -0.39 is 5.97 Å². The number of halogens is 1. The first-order valence-corrected chi connectivity index (χ1v) is 6.31. The Labute approximate surface area is 115 Å². The molecule has 0 spiro atoms. The molecule has 0 heterocycles. The van der Waals surface area contributed by atoms with E-state index in [0.717, 1.165) is 4.47 Å². The summed E-state index contributed by atoms with van der Waals surface area (Å²) in [7, 11) is 0. The maximum absolute atomic E-state index is 11.6. The SMILES string of the molecule is CC(C)(C)NC(=O)COC(=O)c1cccc(Br)c1. The standard InChI is InChI=1S/C13H16BrNO3/c1-13(2,3)15-11(16)8-18-12(17)9-5-4-6-10(14)7-9/h4-7H,8H2,1-3H3,(H,15,16). The van der Waals surface area contributed by atoms with Gasteiger partial charge in [-0.2, -0.15) is 0 Å². The largest absolute Gasteiger partial charge is 0.452 e. The summed E-state index contributed by atoms with van der Waals surface area (Å²) in [6, 6.07) is 6.82. The molecule has 5 heteroatoms. The van der Waals surface area contributed by atoms with Crippen molar-refractivity contribution in [2.75, 3.05) is 6.61 Å². The van der Waals surface area contributed by atoms with Crippen LogP contribution in [0.4, 0.5) is 0 Å². The third-order valence-electron chi connectivity index (χ3n) is 1.91. The minimum absolute atomic E-state index is 0.275. The number of benzene rings is 1. The van der Waals surface area contributed by atoms with Crippen molar-refractivity contribution < 1.29 is 14.3 Å². The van der Waals surface area contributed by atoms with Gasteiger partial charge in [0.25, 0.3) is 5.91 Å². The summed E-state index contributed by atoms with van der Waals surface area (Å²) in [6.45, 7) is 5.31. The number of esters is 1. The van der Waals surface area contributed by atoms with E-state index in [-0.39, 0.29) is 18.1 Å². The van der Waals surface area contributed by atoms with Gasteiger partial charge in [-0.05, 0) is 39.0 Å². The lowest BCUT2D eigenvalue weighted by molar-refractivity contribution is -0.125. The van der Waals surface area contributed by atoms with E-state index in [0.29, 0.717) is 5.56 Å². The van der Waals surface area contributed by atoms with Crippen LogP contribution in [0.5, 0.6) is 0 Å². The molecule has 98 valence electrons. The van der Waals surface area contributed by atoms with Gasteiger partial charge in [0, 0.05) is 10.0 Å². The molecule has 1 amide bonds. The molecule has 0 aliphatic rings. The molecule has 1 N–H and O–H groups in total. The van der Waals surface area contributed by atoms with E-state index in [4.69, 9.17) is 4.74 Å². The first-order chi connectivity index (χ1) is 8.28. The number of carbonyl (C=O) groups excluding carboxylic acids is 2. The van der Waals surface area contributed by atoms with E-state index >= 15 is 0 Å². The molecular formula is C13H16BrNO3. The second kappa shape index (κ2) is 6.00. The van der Waals surface area contributed by atoms with Crippen LogP contribution < -0.4 is 5.32 Å². The minimum atomic E-state index is -0.514. The zero-order chi connectivity index (χ0) is 13.8. The fraction of sp³-hybridized carbons (Fsp3) is 0.385. The number of carbonyl (C=O) groups is 2. The topological polar surface area (TPSA) is 55.4 Å². The molecule has 18 heavy (non-hydrogen) atoms. The highest BCUT2D eigenvalue weighted by Crippen LogP contribution is 2.12. The van der Waals surface area contributed by atoms with E-state index in [1.54, 1.807) is 18.2 Å². The molecule has 1 aromatic rings. The van der Waals surface area contributed by atoms with Gasteiger partial charge in [-0.3, -0.25) is 4.79 Å². The molecule has 0 atom stereocenters. The van der Waals surface area contributed by atoms with Crippen LogP contribution in [-0.4, -0.2) is 24.0 Å². The van der Waals surface area contributed by atoms with Crippen LogP contribution in [0.3, 0.4) is 0 Å². The van der Waals surface area contributed by atoms with Crippen molar-refractivity contribution in [3.8, 4) is 0 Å². The van der Waals surface area contributed by atoms with Crippen LogP contribution in [0.1, 0.15) is 31.1 Å². The molecule has 0 bridgehead atoms. The predicted octanol–water partition coefficient (Wildman–Crippen LogP) is 2.52. The van der Waals surface area contributed by atoms with Crippen molar-refractivity contribution in [3.05, 3.63) is 34.3 Å². The molecule has 0 aliphatic carbocycles. The number of ether oxygens (including phenoxy) is 1. The Morgan fingerprint density at radius 2 is 2.00 bits per heavy atom. The number of hydrogen-bond donors (Lipinski definition) is 1. The van der Waals surface area contributed by atoms with Crippen molar-refractivity contribution in [1.29, 1.82) is 0 Å². The molecule has 0 radical (unpaired) electrons. The smallest absolute Gasteiger partial charge is 0.338 e.